The number of hydrogen-bond acceptors (Lipinski definition) is 2. The molecule has 3 heteroatoms. The van der Waals surface area contributed by atoms with Crippen molar-refractivity contribution in [2.24, 2.45) is 0 Å². The van der Waals surface area contributed by atoms with Gasteiger partial charge in [-0.25, -0.2) is 0 Å². The predicted molar refractivity (Wildman–Crippen MR) is 73.5 cm³/mol. The molecule has 1 aliphatic rings. The summed E-state index contributed by atoms with van der Waals surface area (Å²) in [5.41, 5.74) is 1.25. The SMILES string of the molecule is Clc1ccccc1CCNC1CCCSC1. The molecule has 0 aromatic heterocycles. The number of nitrogens with one attached hydrogen (secondary N) is 1. The molecule has 1 aliphatic heterocycles. The highest BCUT2D eigenvalue weighted by atomic mass is 35.5. The van der Waals surface area contributed by atoms with Gasteiger partial charge in [0.2, 0.25) is 0 Å². The summed E-state index contributed by atoms with van der Waals surface area (Å²) in [4.78, 5) is 0. The standard InChI is InChI=1S/C13H18ClNS/c14-13-6-2-1-4-11(13)7-8-15-12-5-3-9-16-10-12/h1-2,4,6,12,15H,3,5,7-10H2. The maximum atomic E-state index is 6.11. The zero-order valence-electron chi connectivity index (χ0n) is 9.42. The lowest BCUT2D eigenvalue weighted by Gasteiger charge is -2.22. The van der Waals surface area contributed by atoms with Crippen LogP contribution >= 0.6 is 23.4 Å². The van der Waals surface area contributed by atoms with E-state index in [0.29, 0.717) is 6.04 Å². The van der Waals surface area contributed by atoms with Crippen molar-refractivity contribution in [1.82, 2.24) is 5.32 Å². The van der Waals surface area contributed by atoms with Gasteiger partial charge in [-0.15, -0.1) is 0 Å². The van der Waals surface area contributed by atoms with Crippen LogP contribution < -0.4 is 5.32 Å². The van der Waals surface area contributed by atoms with Crippen LogP contribution in [0.5, 0.6) is 0 Å². The third-order valence-corrected chi connectivity index (χ3v) is 4.53. The van der Waals surface area contributed by atoms with E-state index in [1.54, 1.807) is 0 Å². The van der Waals surface area contributed by atoms with E-state index in [2.05, 4.69) is 29.2 Å². The normalized spacial score (nSPS) is 20.9. The topological polar surface area (TPSA) is 12.0 Å². The van der Waals surface area contributed by atoms with Crippen LogP contribution in [0.25, 0.3) is 0 Å². The first-order valence-electron chi connectivity index (χ1n) is 5.91. The molecule has 2 rings (SSSR count). The molecule has 0 bridgehead atoms. The Kier molecular flexibility index (Phi) is 5.01. The third kappa shape index (κ3) is 3.69. The van der Waals surface area contributed by atoms with Gasteiger partial charge in [-0.1, -0.05) is 29.8 Å². The van der Waals surface area contributed by atoms with Crippen molar-refractivity contribution >= 4 is 23.4 Å². The molecule has 1 aromatic carbocycles. The Morgan fingerprint density at radius 3 is 3.00 bits per heavy atom. The number of hydrogen-bond donors (Lipinski definition) is 1. The minimum Gasteiger partial charge on any atom is -0.313 e. The molecule has 1 nitrogen and oxygen atoms in total. The molecular weight excluding hydrogens is 238 g/mol. The summed E-state index contributed by atoms with van der Waals surface area (Å²) in [6.45, 7) is 1.04. The van der Waals surface area contributed by atoms with Gasteiger partial charge in [-0.2, -0.15) is 11.8 Å². The average molecular weight is 256 g/mol. The molecule has 0 spiro atoms. The van der Waals surface area contributed by atoms with Crippen LogP contribution in [0, 0.1) is 0 Å². The van der Waals surface area contributed by atoms with Crippen molar-refractivity contribution in [1.29, 1.82) is 0 Å². The van der Waals surface area contributed by atoms with Gasteiger partial charge < -0.3 is 5.32 Å². The Morgan fingerprint density at radius 1 is 1.38 bits per heavy atom. The van der Waals surface area contributed by atoms with Gasteiger partial charge >= 0.3 is 0 Å². The first kappa shape index (κ1) is 12.3. The van der Waals surface area contributed by atoms with E-state index < -0.39 is 0 Å². The lowest BCUT2D eigenvalue weighted by Crippen LogP contribution is -2.35. The molecule has 1 fully saturated rings. The molecule has 88 valence electrons. The Labute approximate surface area is 107 Å². The molecule has 1 atom stereocenters. The Balaban J connectivity index is 1.73. The molecule has 1 heterocycles. The van der Waals surface area contributed by atoms with Crippen molar-refractivity contribution < 1.29 is 0 Å². The number of halogens is 1. The van der Waals surface area contributed by atoms with Gasteiger partial charge in [-0.3, -0.25) is 0 Å². The minimum absolute atomic E-state index is 0.709. The van der Waals surface area contributed by atoms with Crippen LogP contribution in [-0.4, -0.2) is 24.1 Å². The van der Waals surface area contributed by atoms with E-state index in [1.807, 2.05) is 12.1 Å². The Hall–Kier alpha value is -0.180. The quantitative estimate of drug-likeness (QED) is 0.886. The smallest absolute Gasteiger partial charge is 0.0438 e. The second kappa shape index (κ2) is 6.53. The fraction of sp³-hybridized carbons (Fsp3) is 0.538. The fourth-order valence-electron chi connectivity index (χ4n) is 2.01. The molecule has 0 saturated carbocycles. The molecular formula is C13H18ClNS. The van der Waals surface area contributed by atoms with Crippen LogP contribution in [0.2, 0.25) is 5.02 Å². The zero-order chi connectivity index (χ0) is 11.2. The van der Waals surface area contributed by atoms with Gasteiger partial charge in [-0.05, 0) is 43.2 Å². The largest absolute Gasteiger partial charge is 0.313 e. The Bertz CT molecular complexity index is 323. The molecule has 0 amide bonds. The van der Waals surface area contributed by atoms with Crippen LogP contribution in [0.1, 0.15) is 18.4 Å². The van der Waals surface area contributed by atoms with Gasteiger partial charge in [0.1, 0.15) is 0 Å². The molecule has 1 saturated heterocycles. The van der Waals surface area contributed by atoms with Crippen LogP contribution in [-0.2, 0) is 6.42 Å². The third-order valence-electron chi connectivity index (χ3n) is 2.95. The molecule has 0 radical (unpaired) electrons. The second-order valence-corrected chi connectivity index (χ2v) is 5.77. The van der Waals surface area contributed by atoms with Gasteiger partial charge in [0, 0.05) is 16.8 Å². The van der Waals surface area contributed by atoms with Crippen LogP contribution in [0.4, 0.5) is 0 Å². The van der Waals surface area contributed by atoms with E-state index in [4.69, 9.17) is 11.6 Å². The van der Waals surface area contributed by atoms with E-state index in [1.165, 1.54) is 29.9 Å². The van der Waals surface area contributed by atoms with Crippen LogP contribution in [0.15, 0.2) is 24.3 Å². The summed E-state index contributed by atoms with van der Waals surface area (Å²) in [6.07, 6.45) is 3.71. The summed E-state index contributed by atoms with van der Waals surface area (Å²) < 4.78 is 0. The monoisotopic (exact) mass is 255 g/mol. The highest BCUT2D eigenvalue weighted by molar-refractivity contribution is 7.99. The van der Waals surface area contributed by atoms with E-state index in [0.717, 1.165) is 18.0 Å². The van der Waals surface area contributed by atoms with Crippen molar-refractivity contribution in [3.05, 3.63) is 34.9 Å². The summed E-state index contributed by atoms with van der Waals surface area (Å²) in [6, 6.07) is 8.82. The highest BCUT2D eigenvalue weighted by Crippen LogP contribution is 2.18. The maximum Gasteiger partial charge on any atom is 0.0438 e. The first-order chi connectivity index (χ1) is 7.86. The van der Waals surface area contributed by atoms with E-state index >= 15 is 0 Å². The lowest BCUT2D eigenvalue weighted by molar-refractivity contribution is 0.511. The summed E-state index contributed by atoms with van der Waals surface area (Å²) in [5, 5.41) is 4.51. The van der Waals surface area contributed by atoms with Crippen molar-refractivity contribution in [2.75, 3.05) is 18.1 Å². The highest BCUT2D eigenvalue weighted by Gasteiger charge is 2.12. The Morgan fingerprint density at radius 2 is 2.25 bits per heavy atom. The van der Waals surface area contributed by atoms with Crippen LogP contribution in [0.3, 0.4) is 0 Å². The molecule has 1 aromatic rings. The van der Waals surface area contributed by atoms with Crippen molar-refractivity contribution in [3.63, 3.8) is 0 Å². The van der Waals surface area contributed by atoms with Gasteiger partial charge in [0.15, 0.2) is 0 Å². The van der Waals surface area contributed by atoms with E-state index in [9.17, 15) is 0 Å². The number of thioether (sulfide) groups is 1. The second-order valence-electron chi connectivity index (χ2n) is 4.21. The molecule has 1 unspecified atom stereocenters. The number of benzene rings is 1. The minimum atomic E-state index is 0.709. The first-order valence-corrected chi connectivity index (χ1v) is 7.44. The molecule has 0 aliphatic carbocycles. The van der Waals surface area contributed by atoms with Gasteiger partial charge in [0.05, 0.1) is 0 Å². The van der Waals surface area contributed by atoms with Crippen molar-refractivity contribution in [2.45, 2.75) is 25.3 Å². The van der Waals surface area contributed by atoms with E-state index in [-0.39, 0.29) is 0 Å². The number of rotatable bonds is 4. The average Bonchev–Trinajstić information content (AvgIpc) is 2.33. The molecule has 1 N–H and O–H groups in total. The maximum absolute atomic E-state index is 6.11. The summed E-state index contributed by atoms with van der Waals surface area (Å²) >= 11 is 8.18. The summed E-state index contributed by atoms with van der Waals surface area (Å²) in [5.74, 6) is 2.60. The zero-order valence-corrected chi connectivity index (χ0v) is 11.0. The fourth-order valence-corrected chi connectivity index (χ4v) is 3.35. The van der Waals surface area contributed by atoms with Crippen molar-refractivity contribution in [3.8, 4) is 0 Å². The molecule has 16 heavy (non-hydrogen) atoms. The van der Waals surface area contributed by atoms with Gasteiger partial charge in [0.25, 0.3) is 0 Å². The lowest BCUT2D eigenvalue weighted by atomic mass is 10.1. The summed E-state index contributed by atoms with van der Waals surface area (Å²) in [7, 11) is 0. The predicted octanol–water partition coefficient (Wildman–Crippen LogP) is 3.37.